The highest BCUT2D eigenvalue weighted by molar-refractivity contribution is 5.65. The van der Waals surface area contributed by atoms with E-state index in [1.807, 2.05) is 6.92 Å². The van der Waals surface area contributed by atoms with Gasteiger partial charge in [0.05, 0.1) is 17.0 Å². The SMILES string of the molecule is C=C(c1ccc(-c2c[nH]c(-n3ccnc3)cc2=O)nn1)[C@@H]1C[C@@]2(C)CCC[C@](C)(N2)[C@H]1F. The maximum absolute atomic E-state index is 15.5. The van der Waals surface area contributed by atoms with E-state index in [2.05, 4.69) is 39.0 Å². The summed E-state index contributed by atoms with van der Waals surface area (Å²) >= 11 is 0. The van der Waals surface area contributed by atoms with E-state index in [0.29, 0.717) is 34.8 Å². The Morgan fingerprint density at radius 3 is 2.81 bits per heavy atom. The normalized spacial score (nSPS) is 29.6. The third-order valence-corrected chi connectivity index (χ3v) is 7.04. The predicted molar refractivity (Wildman–Crippen MR) is 121 cm³/mol. The van der Waals surface area contributed by atoms with Crippen LogP contribution in [0.15, 0.2) is 54.5 Å². The minimum atomic E-state index is -1.04. The van der Waals surface area contributed by atoms with Crippen LogP contribution in [0.5, 0.6) is 0 Å². The lowest BCUT2D eigenvalue weighted by molar-refractivity contribution is -0.00602. The largest absolute Gasteiger partial charge is 0.347 e. The van der Waals surface area contributed by atoms with Crippen LogP contribution in [-0.2, 0) is 0 Å². The van der Waals surface area contributed by atoms with Gasteiger partial charge in [-0.3, -0.25) is 9.36 Å². The van der Waals surface area contributed by atoms with Crippen LogP contribution < -0.4 is 10.7 Å². The smallest absolute Gasteiger partial charge is 0.193 e. The van der Waals surface area contributed by atoms with Gasteiger partial charge in [0.2, 0.25) is 0 Å². The number of aromatic nitrogens is 5. The lowest BCUT2D eigenvalue weighted by atomic mass is 9.64. The third kappa shape index (κ3) is 3.48. The number of nitrogens with one attached hydrogen (secondary N) is 2. The average Bonchev–Trinajstić information content (AvgIpc) is 3.31. The zero-order valence-electron chi connectivity index (χ0n) is 18.3. The molecule has 32 heavy (non-hydrogen) atoms. The molecule has 2 saturated heterocycles. The molecule has 2 aliphatic rings. The van der Waals surface area contributed by atoms with E-state index in [1.165, 1.54) is 6.07 Å². The Hall–Kier alpha value is -3.13. The molecule has 3 aromatic heterocycles. The van der Waals surface area contributed by atoms with Crippen molar-refractivity contribution in [1.82, 2.24) is 30.0 Å². The van der Waals surface area contributed by atoms with Crippen LogP contribution in [-0.4, -0.2) is 42.0 Å². The zero-order valence-corrected chi connectivity index (χ0v) is 18.3. The third-order valence-electron chi connectivity index (χ3n) is 7.04. The van der Waals surface area contributed by atoms with Gasteiger partial charge in [0.25, 0.3) is 0 Å². The van der Waals surface area contributed by atoms with E-state index >= 15 is 4.39 Å². The predicted octanol–water partition coefficient (Wildman–Crippen LogP) is 3.68. The quantitative estimate of drug-likeness (QED) is 0.654. The Morgan fingerprint density at radius 1 is 1.28 bits per heavy atom. The lowest BCUT2D eigenvalue weighted by Gasteiger charge is -2.55. The van der Waals surface area contributed by atoms with Gasteiger partial charge in [0, 0.05) is 41.7 Å². The van der Waals surface area contributed by atoms with Crippen LogP contribution in [0.4, 0.5) is 4.39 Å². The number of imidazole rings is 1. The first kappa shape index (κ1) is 20.8. The number of nitrogens with zero attached hydrogens (tertiary/aromatic N) is 4. The monoisotopic (exact) mass is 434 g/mol. The minimum Gasteiger partial charge on any atom is -0.347 e. The maximum atomic E-state index is 15.5. The van der Waals surface area contributed by atoms with Crippen molar-refractivity contribution in [2.24, 2.45) is 5.92 Å². The number of piperidine rings is 2. The van der Waals surface area contributed by atoms with Crippen molar-refractivity contribution in [2.45, 2.75) is 56.8 Å². The summed E-state index contributed by atoms with van der Waals surface area (Å²) in [5, 5.41) is 12.1. The molecule has 166 valence electrons. The Balaban J connectivity index is 1.39. The molecule has 2 N–H and O–H groups in total. The summed E-state index contributed by atoms with van der Waals surface area (Å²) in [6.45, 7) is 8.35. The van der Waals surface area contributed by atoms with Crippen LogP contribution in [0, 0.1) is 5.92 Å². The molecule has 0 radical (unpaired) electrons. The van der Waals surface area contributed by atoms with Gasteiger partial charge in [0.15, 0.2) is 5.43 Å². The van der Waals surface area contributed by atoms with E-state index in [0.717, 1.165) is 19.3 Å². The summed E-state index contributed by atoms with van der Waals surface area (Å²) < 4.78 is 17.3. The molecule has 2 bridgehead atoms. The van der Waals surface area contributed by atoms with Crippen LogP contribution in [0.25, 0.3) is 22.6 Å². The summed E-state index contributed by atoms with van der Waals surface area (Å²) in [5.74, 6) is 0.297. The number of alkyl halides is 1. The summed E-state index contributed by atoms with van der Waals surface area (Å²) in [4.78, 5) is 19.7. The number of allylic oxidation sites excluding steroid dienone is 1. The topological polar surface area (TPSA) is 88.5 Å². The van der Waals surface area contributed by atoms with E-state index in [-0.39, 0.29) is 16.9 Å². The number of rotatable bonds is 4. The number of fused-ring (bicyclic) bond motifs is 2. The second kappa shape index (κ2) is 7.48. The first-order chi connectivity index (χ1) is 15.3. The lowest BCUT2D eigenvalue weighted by Crippen LogP contribution is -2.68. The van der Waals surface area contributed by atoms with Gasteiger partial charge in [-0.1, -0.05) is 6.58 Å². The fraction of sp³-hybridized carbons (Fsp3) is 0.417. The molecule has 3 aromatic rings. The van der Waals surface area contributed by atoms with Crippen LogP contribution in [0.2, 0.25) is 0 Å². The number of halogens is 1. The summed E-state index contributed by atoms with van der Waals surface area (Å²) in [6, 6.07) is 5.02. The Bertz CT molecular complexity index is 1200. The molecular formula is C24H27FN6O. The first-order valence-electron chi connectivity index (χ1n) is 11.0. The second-order valence-corrected chi connectivity index (χ2v) is 9.56. The van der Waals surface area contributed by atoms with Crippen LogP contribution >= 0.6 is 0 Å². The van der Waals surface area contributed by atoms with Crippen molar-refractivity contribution in [2.75, 3.05) is 0 Å². The van der Waals surface area contributed by atoms with Crippen molar-refractivity contribution in [3.8, 4) is 17.1 Å². The van der Waals surface area contributed by atoms with Gasteiger partial charge >= 0.3 is 0 Å². The molecule has 8 heteroatoms. The molecule has 0 amide bonds. The molecule has 5 heterocycles. The fourth-order valence-corrected chi connectivity index (χ4v) is 5.40. The fourth-order valence-electron chi connectivity index (χ4n) is 5.40. The van der Waals surface area contributed by atoms with Crippen molar-refractivity contribution in [3.05, 3.63) is 65.6 Å². The van der Waals surface area contributed by atoms with Crippen molar-refractivity contribution >= 4 is 5.57 Å². The average molecular weight is 435 g/mol. The summed E-state index contributed by atoms with van der Waals surface area (Å²) in [6.07, 6.45) is 9.13. The van der Waals surface area contributed by atoms with Crippen molar-refractivity contribution < 1.29 is 4.39 Å². The molecule has 0 saturated carbocycles. The van der Waals surface area contributed by atoms with E-state index in [4.69, 9.17) is 0 Å². The van der Waals surface area contributed by atoms with Gasteiger partial charge in [-0.05, 0) is 57.2 Å². The number of H-pyrrole nitrogens is 1. The molecule has 0 aliphatic carbocycles. The molecule has 2 aliphatic heterocycles. The number of aromatic amines is 1. The molecule has 7 nitrogen and oxygen atoms in total. The zero-order chi connectivity index (χ0) is 22.5. The van der Waals surface area contributed by atoms with Gasteiger partial charge in [-0.15, -0.1) is 5.10 Å². The number of hydrogen-bond acceptors (Lipinski definition) is 5. The van der Waals surface area contributed by atoms with Gasteiger partial charge < -0.3 is 10.3 Å². The standard InChI is InChI=1S/C24H27FN6O/c1-15(16-12-23(2)7-4-8-24(3,30-23)22(16)25)18-5-6-19(29-28-18)17-13-27-21(11-20(17)32)31-10-9-26-14-31/h5-6,9-11,13-14,16,22,30H,1,4,7-8,12H2,2-3H3,(H,27,32)/t16-,22-,23+,24-/m0/s1. The second-order valence-electron chi connectivity index (χ2n) is 9.56. The van der Waals surface area contributed by atoms with Crippen LogP contribution in [0.3, 0.4) is 0 Å². The van der Waals surface area contributed by atoms with Crippen LogP contribution in [0.1, 0.15) is 45.2 Å². The first-order valence-corrected chi connectivity index (χ1v) is 11.0. The van der Waals surface area contributed by atoms with Crippen molar-refractivity contribution in [3.63, 3.8) is 0 Å². The molecule has 4 atom stereocenters. The highest BCUT2D eigenvalue weighted by atomic mass is 19.1. The van der Waals surface area contributed by atoms with Gasteiger partial charge in [-0.2, -0.15) is 5.10 Å². The highest BCUT2D eigenvalue weighted by Gasteiger charge is 2.53. The van der Waals surface area contributed by atoms with Crippen molar-refractivity contribution in [1.29, 1.82) is 0 Å². The number of hydrogen-bond donors (Lipinski definition) is 2. The van der Waals surface area contributed by atoms with E-state index in [1.54, 1.807) is 41.6 Å². The Labute approximate surface area is 185 Å². The minimum absolute atomic E-state index is 0.0964. The maximum Gasteiger partial charge on any atom is 0.193 e. The Morgan fingerprint density at radius 2 is 2.12 bits per heavy atom. The Kier molecular flexibility index (Phi) is 4.85. The molecule has 0 spiro atoms. The highest BCUT2D eigenvalue weighted by Crippen LogP contribution is 2.47. The van der Waals surface area contributed by atoms with Gasteiger partial charge in [-0.25, -0.2) is 9.37 Å². The summed E-state index contributed by atoms with van der Waals surface area (Å²) in [5.41, 5.74) is 1.29. The summed E-state index contributed by atoms with van der Waals surface area (Å²) in [7, 11) is 0. The molecular weight excluding hydrogens is 407 g/mol. The molecule has 5 rings (SSSR count). The van der Waals surface area contributed by atoms with E-state index in [9.17, 15) is 4.79 Å². The molecule has 2 fully saturated rings. The van der Waals surface area contributed by atoms with E-state index < -0.39 is 11.7 Å². The molecule has 0 aromatic carbocycles. The molecule has 0 unspecified atom stereocenters. The van der Waals surface area contributed by atoms with Gasteiger partial charge in [0.1, 0.15) is 18.3 Å². The number of pyridine rings is 1.